The first-order valence-corrected chi connectivity index (χ1v) is 7.88. The Hall–Kier alpha value is -1.35. The predicted octanol–water partition coefficient (Wildman–Crippen LogP) is 5.10. The van der Waals surface area contributed by atoms with Crippen molar-refractivity contribution in [2.75, 3.05) is 20.2 Å². The number of hydrogen-bond acceptors (Lipinski definition) is 2. The summed E-state index contributed by atoms with van der Waals surface area (Å²) >= 11 is 5.94. The van der Waals surface area contributed by atoms with Crippen LogP contribution < -0.4 is 0 Å². The first kappa shape index (κ1) is 7.11. The third kappa shape index (κ3) is 3.83. The smallest absolute Gasteiger partial charge is 0.115 e. The summed E-state index contributed by atoms with van der Waals surface area (Å²) in [7, 11) is 1.68. The summed E-state index contributed by atoms with van der Waals surface area (Å²) in [6.45, 7) is -3.91. The van der Waals surface area contributed by atoms with Crippen LogP contribution in [0, 0.1) is 0 Å². The van der Waals surface area contributed by atoms with Gasteiger partial charge in [-0.2, -0.15) is 0 Å². The minimum atomic E-state index is -3.52. The van der Waals surface area contributed by atoms with Gasteiger partial charge in [0.25, 0.3) is 0 Å². The van der Waals surface area contributed by atoms with Gasteiger partial charge >= 0.3 is 0 Å². The number of benzene rings is 2. The molecule has 24 heavy (non-hydrogen) atoms. The lowest BCUT2D eigenvalue weighted by Gasteiger charge is -2.32. The maximum absolute atomic E-state index is 8.64. The van der Waals surface area contributed by atoms with Gasteiger partial charge in [-0.1, -0.05) is 53.9 Å². The normalized spacial score (nSPS) is 30.3. The largest absolute Gasteiger partial charge is 0.366 e. The average molecular weight is 358 g/mol. The Bertz CT molecular complexity index is 1140. The molecule has 2 atom stereocenters. The second kappa shape index (κ2) is 7.69. The molecule has 2 nitrogen and oxygen atoms in total. The SMILES string of the molecule is [2H]c1c([2H])c([2H])c([C@@](OCC([2H])([2H])[C@H]2CCCN2C)(c2c([2H])c([2H])c(Cl)c([2H])c2[2H])C([2H])([2H])[2H])c([2H])c1[2H]. The molecule has 1 aliphatic rings. The zero-order valence-electron chi connectivity index (χ0n) is 27.1. The molecular weight excluding hydrogens is 318 g/mol. The summed E-state index contributed by atoms with van der Waals surface area (Å²) in [6, 6.07) is -8.95. The van der Waals surface area contributed by atoms with Crippen LogP contribution in [-0.2, 0) is 10.3 Å². The summed E-state index contributed by atoms with van der Waals surface area (Å²) in [6.07, 6.45) is -1.12. The monoisotopic (exact) mass is 357 g/mol. The fourth-order valence-corrected chi connectivity index (χ4v) is 2.68. The zero-order chi connectivity index (χ0) is 29.1. The number of halogens is 1. The highest BCUT2D eigenvalue weighted by molar-refractivity contribution is 6.30. The zero-order valence-corrected chi connectivity index (χ0v) is 13.9. The molecule has 0 aromatic heterocycles. The Morgan fingerprint density at radius 2 is 1.96 bits per heavy atom. The van der Waals surface area contributed by atoms with Crippen molar-refractivity contribution in [3.05, 3.63) is 70.5 Å². The number of likely N-dealkylation sites (tertiary alicyclic amines) is 1. The summed E-state index contributed by atoms with van der Waals surface area (Å²) in [4.78, 5) is 1.73. The van der Waals surface area contributed by atoms with Crippen molar-refractivity contribution in [1.29, 1.82) is 0 Å². The van der Waals surface area contributed by atoms with E-state index in [0.717, 1.165) is 0 Å². The van der Waals surface area contributed by atoms with Gasteiger partial charge in [0, 0.05) is 24.5 Å². The molecule has 0 N–H and O–H groups in total. The van der Waals surface area contributed by atoms with E-state index >= 15 is 0 Å². The first-order chi connectivity index (χ1) is 17.3. The average Bonchev–Trinajstić information content (AvgIpc) is 3.28. The lowest BCUT2D eigenvalue weighted by Crippen LogP contribution is -2.31. The summed E-state index contributed by atoms with van der Waals surface area (Å²) in [5.41, 5.74) is -5.09. The second-order valence-corrected chi connectivity index (χ2v) is 5.88. The minimum Gasteiger partial charge on any atom is -0.366 e. The van der Waals surface area contributed by atoms with Gasteiger partial charge in [0.05, 0.1) is 12.3 Å². The van der Waals surface area contributed by atoms with Gasteiger partial charge in [-0.15, -0.1) is 0 Å². The van der Waals surface area contributed by atoms with Crippen molar-refractivity contribution in [3.8, 4) is 0 Å². The summed E-state index contributed by atoms with van der Waals surface area (Å²) in [5, 5.41) is -0.618. The van der Waals surface area contributed by atoms with Crippen LogP contribution in [0.15, 0.2) is 54.4 Å². The van der Waals surface area contributed by atoms with Gasteiger partial charge < -0.3 is 9.64 Å². The highest BCUT2D eigenvalue weighted by atomic mass is 35.5. The molecule has 1 fully saturated rings. The van der Waals surface area contributed by atoms with E-state index in [1.807, 2.05) is 0 Å². The third-order valence-corrected chi connectivity index (χ3v) is 4.12. The fraction of sp³-hybridized carbons (Fsp3) is 0.429. The van der Waals surface area contributed by atoms with Crippen molar-refractivity contribution < 1.29 is 23.9 Å². The summed E-state index contributed by atoms with van der Waals surface area (Å²) in [5.74, 6) is 0. The molecule has 1 saturated heterocycles. The highest BCUT2D eigenvalue weighted by Crippen LogP contribution is 2.34. The Balaban J connectivity index is 2.49. The molecule has 0 saturated carbocycles. The van der Waals surface area contributed by atoms with E-state index < -0.39 is 102 Å². The third-order valence-electron chi connectivity index (χ3n) is 3.93. The Morgan fingerprint density at radius 1 is 1.25 bits per heavy atom. The molecule has 3 rings (SSSR count). The van der Waals surface area contributed by atoms with E-state index in [4.69, 9.17) is 35.5 Å². The van der Waals surface area contributed by atoms with Crippen LogP contribution in [0.3, 0.4) is 0 Å². The molecular formula is C21H26ClNO. The van der Waals surface area contributed by atoms with E-state index in [-0.39, 0.29) is 0 Å². The van der Waals surface area contributed by atoms with Gasteiger partial charge in [0.1, 0.15) is 5.60 Å². The van der Waals surface area contributed by atoms with Crippen LogP contribution in [0.25, 0.3) is 0 Å². The van der Waals surface area contributed by atoms with Gasteiger partial charge in [0.15, 0.2) is 0 Å². The van der Waals surface area contributed by atoms with Gasteiger partial charge in [-0.25, -0.2) is 0 Å². The topological polar surface area (TPSA) is 12.5 Å². The van der Waals surface area contributed by atoms with Crippen LogP contribution >= 0.6 is 11.6 Å². The van der Waals surface area contributed by atoms with Gasteiger partial charge in [-0.05, 0) is 62.9 Å². The highest BCUT2D eigenvalue weighted by Gasteiger charge is 2.30. The molecule has 128 valence electrons. The van der Waals surface area contributed by atoms with Crippen LogP contribution in [0.5, 0.6) is 0 Å². The first-order valence-electron chi connectivity index (χ1n) is 14.5. The number of nitrogens with zero attached hydrogens (tertiary/aromatic N) is 1. The Labute approximate surface area is 170 Å². The second-order valence-electron chi connectivity index (χ2n) is 5.50. The molecule has 0 amide bonds. The molecule has 0 spiro atoms. The number of rotatable bonds is 6. The van der Waals surface area contributed by atoms with Crippen LogP contribution in [0.4, 0.5) is 0 Å². The van der Waals surface area contributed by atoms with Crippen LogP contribution in [-0.4, -0.2) is 31.1 Å². The van der Waals surface area contributed by atoms with E-state index in [1.54, 1.807) is 11.9 Å². The Morgan fingerprint density at radius 3 is 2.58 bits per heavy atom. The maximum Gasteiger partial charge on any atom is 0.115 e. The van der Waals surface area contributed by atoms with E-state index in [0.29, 0.717) is 19.4 Å². The molecule has 2 aromatic carbocycles. The standard InChI is InChI=1S/C21H26ClNO/c1-21(17-7-4-3-5-8-17,18-10-12-19(22)13-11-18)24-16-14-20-9-6-15-23(20)2/h3-5,7-8,10-13,20H,6,9,14-16H2,1-2H3/t20-,21-/m1/s1/i1D3,3D,4D,5D,7D,8D,10D,11D,12D,13D,14D2. The molecule has 2 aromatic rings. The van der Waals surface area contributed by atoms with Crippen molar-refractivity contribution in [2.24, 2.45) is 0 Å². The lowest BCUT2D eigenvalue weighted by atomic mass is 9.88. The van der Waals surface area contributed by atoms with Crippen molar-refractivity contribution in [1.82, 2.24) is 4.90 Å². The molecule has 3 heteroatoms. The minimum absolute atomic E-state index is 0.421. The molecule has 0 radical (unpaired) electrons. The van der Waals surface area contributed by atoms with Crippen LogP contribution in [0.2, 0.25) is 5.02 Å². The van der Waals surface area contributed by atoms with Crippen molar-refractivity contribution in [2.45, 2.75) is 37.7 Å². The van der Waals surface area contributed by atoms with E-state index in [2.05, 4.69) is 0 Å². The quantitative estimate of drug-likeness (QED) is 0.712. The molecule has 1 aliphatic heterocycles. The Kier molecular flexibility index (Phi) is 2.28. The molecule has 1 heterocycles. The molecule has 0 unspecified atom stereocenters. The van der Waals surface area contributed by atoms with E-state index in [1.165, 1.54) is 0 Å². The summed E-state index contributed by atoms with van der Waals surface area (Å²) < 4.78 is 123. The van der Waals surface area contributed by atoms with Crippen LogP contribution in [0.1, 0.15) is 56.4 Å². The molecule has 0 aliphatic carbocycles. The molecule has 0 bridgehead atoms. The predicted molar refractivity (Wildman–Crippen MR) is 101 cm³/mol. The number of hydrogen-bond donors (Lipinski definition) is 0. The van der Waals surface area contributed by atoms with Crippen molar-refractivity contribution in [3.63, 3.8) is 0 Å². The lowest BCUT2D eigenvalue weighted by molar-refractivity contribution is -0.0117. The van der Waals surface area contributed by atoms with E-state index in [9.17, 15) is 0 Å². The van der Waals surface area contributed by atoms with Gasteiger partial charge in [0.2, 0.25) is 0 Å². The van der Waals surface area contributed by atoms with Gasteiger partial charge in [-0.3, -0.25) is 0 Å². The van der Waals surface area contributed by atoms with Crippen molar-refractivity contribution >= 4 is 11.6 Å². The maximum atomic E-state index is 8.64. The fourth-order valence-electron chi connectivity index (χ4n) is 2.58. The number of ether oxygens (including phenoxy) is 1.